The van der Waals surface area contributed by atoms with Crippen LogP contribution in [0.1, 0.15) is 16.1 Å². The molecule has 4 nitrogen and oxygen atoms in total. The van der Waals surface area contributed by atoms with Gasteiger partial charge < -0.3 is 9.64 Å². The van der Waals surface area contributed by atoms with Crippen LogP contribution in [0.15, 0.2) is 59.5 Å². The van der Waals surface area contributed by atoms with E-state index in [1.54, 1.807) is 28.0 Å². The second-order valence-corrected chi connectivity index (χ2v) is 8.29. The summed E-state index contributed by atoms with van der Waals surface area (Å²) in [5, 5.41) is 1.02. The average Bonchev–Trinajstić information content (AvgIpc) is 3.16. The molecule has 0 fully saturated rings. The van der Waals surface area contributed by atoms with Crippen LogP contribution >= 0.6 is 23.1 Å². The number of carbonyl (C=O) groups excluding carboxylic acids is 1. The summed E-state index contributed by atoms with van der Waals surface area (Å²) in [6.07, 6.45) is 2.58. The van der Waals surface area contributed by atoms with Crippen molar-refractivity contribution in [3.63, 3.8) is 0 Å². The maximum atomic E-state index is 12.4. The van der Waals surface area contributed by atoms with Gasteiger partial charge in [-0.25, -0.2) is 9.78 Å². The third kappa shape index (κ3) is 4.17. The molecule has 3 aromatic rings. The van der Waals surface area contributed by atoms with Crippen LogP contribution in [0, 0.1) is 0 Å². The van der Waals surface area contributed by atoms with Crippen molar-refractivity contribution < 1.29 is 9.53 Å². The van der Waals surface area contributed by atoms with Crippen molar-refractivity contribution >= 4 is 29.2 Å². The Morgan fingerprint density at radius 3 is 2.70 bits per heavy atom. The summed E-state index contributed by atoms with van der Waals surface area (Å²) in [4.78, 5) is 21.4. The summed E-state index contributed by atoms with van der Waals surface area (Å²) >= 11 is 3.40. The smallest absolute Gasteiger partial charge is 0.410 e. The minimum Gasteiger partial charge on any atom is -0.445 e. The normalized spacial score (nSPS) is 13.3. The van der Waals surface area contributed by atoms with Crippen LogP contribution in [0.3, 0.4) is 0 Å². The van der Waals surface area contributed by atoms with Crippen molar-refractivity contribution in [1.29, 1.82) is 0 Å². The van der Waals surface area contributed by atoms with Gasteiger partial charge in [-0.3, -0.25) is 0 Å². The van der Waals surface area contributed by atoms with Crippen molar-refractivity contribution in [2.45, 2.75) is 24.5 Å². The summed E-state index contributed by atoms with van der Waals surface area (Å²) in [6, 6.07) is 18.2. The monoisotopic (exact) mass is 396 g/mol. The van der Waals surface area contributed by atoms with E-state index in [1.807, 2.05) is 30.3 Å². The van der Waals surface area contributed by atoms with E-state index in [-0.39, 0.29) is 6.09 Å². The van der Waals surface area contributed by atoms with Gasteiger partial charge in [0.1, 0.15) is 11.6 Å². The number of fused-ring (bicyclic) bond motifs is 1. The highest BCUT2D eigenvalue weighted by Gasteiger charge is 2.25. The molecular formula is C21H20N2O2S2. The first-order valence-corrected chi connectivity index (χ1v) is 10.9. The van der Waals surface area contributed by atoms with E-state index in [9.17, 15) is 4.79 Å². The highest BCUT2D eigenvalue weighted by atomic mass is 32.2. The number of benzene rings is 2. The van der Waals surface area contributed by atoms with Gasteiger partial charge in [-0.15, -0.1) is 23.1 Å². The van der Waals surface area contributed by atoms with Crippen molar-refractivity contribution in [2.24, 2.45) is 0 Å². The Kier molecular flexibility index (Phi) is 5.45. The molecule has 0 unspecified atom stereocenters. The summed E-state index contributed by atoms with van der Waals surface area (Å²) in [6.45, 7) is 1.53. The second-order valence-electron chi connectivity index (χ2n) is 6.33. The maximum Gasteiger partial charge on any atom is 0.410 e. The lowest BCUT2D eigenvalue weighted by molar-refractivity contribution is 0.0921. The highest BCUT2D eigenvalue weighted by Crippen LogP contribution is 2.32. The summed E-state index contributed by atoms with van der Waals surface area (Å²) in [5.41, 5.74) is 3.23. The van der Waals surface area contributed by atoms with Crippen LogP contribution < -0.4 is 0 Å². The van der Waals surface area contributed by atoms with E-state index >= 15 is 0 Å². The number of hydrogen-bond acceptors (Lipinski definition) is 5. The van der Waals surface area contributed by atoms with Crippen molar-refractivity contribution in [3.8, 4) is 10.6 Å². The van der Waals surface area contributed by atoms with Crippen LogP contribution in [-0.4, -0.2) is 28.8 Å². The molecule has 0 radical (unpaired) electrons. The summed E-state index contributed by atoms with van der Waals surface area (Å²) in [7, 11) is 0. The van der Waals surface area contributed by atoms with E-state index in [4.69, 9.17) is 9.72 Å². The van der Waals surface area contributed by atoms with Crippen molar-refractivity contribution in [3.05, 3.63) is 70.7 Å². The predicted octanol–water partition coefficient (Wildman–Crippen LogP) is 5.23. The molecule has 2 aromatic carbocycles. The molecule has 4 rings (SSSR count). The zero-order chi connectivity index (χ0) is 18.6. The molecule has 27 heavy (non-hydrogen) atoms. The number of rotatable bonds is 4. The predicted molar refractivity (Wildman–Crippen MR) is 110 cm³/mol. The molecule has 0 saturated carbocycles. The van der Waals surface area contributed by atoms with E-state index in [2.05, 4.69) is 30.5 Å². The van der Waals surface area contributed by atoms with Crippen LogP contribution in [0.2, 0.25) is 0 Å². The number of aromatic nitrogens is 1. The summed E-state index contributed by atoms with van der Waals surface area (Å²) in [5.74, 6) is 0. The Balaban J connectivity index is 1.42. The second kappa shape index (κ2) is 8.15. The number of thioether (sulfide) groups is 1. The molecule has 6 heteroatoms. The third-order valence-electron chi connectivity index (χ3n) is 4.53. The number of nitrogens with zero attached hydrogens (tertiary/aromatic N) is 2. The number of thiazole rings is 1. The lowest BCUT2D eigenvalue weighted by atomic mass is 10.2. The SMILES string of the molecule is CSc1ccc(-c2nc3c(s2)CN(C(=O)OCc2ccccc2)CC3)cc1. The fourth-order valence-electron chi connectivity index (χ4n) is 3.02. The van der Waals surface area contributed by atoms with Crippen LogP contribution in [0.25, 0.3) is 10.6 Å². The number of amides is 1. The largest absolute Gasteiger partial charge is 0.445 e. The van der Waals surface area contributed by atoms with Crippen LogP contribution in [0.4, 0.5) is 4.79 Å². The van der Waals surface area contributed by atoms with Gasteiger partial charge >= 0.3 is 6.09 Å². The molecule has 1 aliphatic heterocycles. The lowest BCUT2D eigenvalue weighted by Crippen LogP contribution is -2.35. The molecule has 0 aliphatic carbocycles. The Morgan fingerprint density at radius 2 is 1.96 bits per heavy atom. The van der Waals surface area contributed by atoms with Gasteiger partial charge in [0, 0.05) is 28.3 Å². The molecule has 2 heterocycles. The Morgan fingerprint density at radius 1 is 1.19 bits per heavy atom. The van der Waals surface area contributed by atoms with Crippen LogP contribution in [-0.2, 0) is 24.3 Å². The average molecular weight is 397 g/mol. The first-order chi connectivity index (χ1) is 13.2. The molecule has 1 amide bonds. The van der Waals surface area contributed by atoms with Crippen LogP contribution in [0.5, 0.6) is 0 Å². The van der Waals surface area contributed by atoms with Crippen molar-refractivity contribution in [2.75, 3.05) is 12.8 Å². The molecule has 0 atom stereocenters. The van der Waals surface area contributed by atoms with Gasteiger partial charge in [0.05, 0.1) is 12.2 Å². The first kappa shape index (κ1) is 18.1. The van der Waals surface area contributed by atoms with E-state index in [1.165, 1.54) is 4.90 Å². The molecular weight excluding hydrogens is 376 g/mol. The summed E-state index contributed by atoms with van der Waals surface area (Å²) < 4.78 is 5.47. The van der Waals surface area contributed by atoms with Gasteiger partial charge in [0.15, 0.2) is 0 Å². The molecule has 0 spiro atoms. The Bertz CT molecular complexity index is 923. The molecule has 0 N–H and O–H groups in total. The standard InChI is InChI=1S/C21H20N2O2S2/c1-26-17-9-7-16(8-10-17)20-22-18-11-12-23(13-19(18)27-20)21(24)25-14-15-5-3-2-4-6-15/h2-10H,11-14H2,1H3. The van der Waals surface area contributed by atoms with Crippen molar-refractivity contribution in [1.82, 2.24) is 9.88 Å². The number of carbonyl (C=O) groups is 1. The molecule has 0 saturated heterocycles. The Hall–Kier alpha value is -2.31. The molecule has 138 valence electrons. The zero-order valence-electron chi connectivity index (χ0n) is 15.1. The van der Waals surface area contributed by atoms with E-state index < -0.39 is 0 Å². The zero-order valence-corrected chi connectivity index (χ0v) is 16.7. The van der Waals surface area contributed by atoms with Gasteiger partial charge in [-0.2, -0.15) is 0 Å². The highest BCUT2D eigenvalue weighted by molar-refractivity contribution is 7.98. The molecule has 0 bridgehead atoms. The maximum absolute atomic E-state index is 12.4. The van der Waals surface area contributed by atoms with E-state index in [0.717, 1.165) is 33.1 Å². The lowest BCUT2D eigenvalue weighted by Gasteiger charge is -2.25. The molecule has 1 aliphatic rings. The fraction of sp³-hybridized carbons (Fsp3) is 0.238. The number of ether oxygens (including phenoxy) is 1. The molecule has 1 aromatic heterocycles. The third-order valence-corrected chi connectivity index (χ3v) is 6.41. The van der Waals surface area contributed by atoms with Gasteiger partial charge in [-0.1, -0.05) is 42.5 Å². The first-order valence-electron chi connectivity index (χ1n) is 8.81. The van der Waals surface area contributed by atoms with Gasteiger partial charge in [0.2, 0.25) is 0 Å². The fourth-order valence-corrected chi connectivity index (χ4v) is 4.56. The van der Waals surface area contributed by atoms with Gasteiger partial charge in [-0.05, 0) is 24.0 Å². The van der Waals surface area contributed by atoms with Gasteiger partial charge in [0.25, 0.3) is 0 Å². The minimum atomic E-state index is -0.260. The quantitative estimate of drug-likeness (QED) is 0.567. The Labute approximate surface area is 167 Å². The van der Waals surface area contributed by atoms with E-state index in [0.29, 0.717) is 19.7 Å². The minimum absolute atomic E-state index is 0.260. The topological polar surface area (TPSA) is 42.4 Å². The number of hydrogen-bond donors (Lipinski definition) is 0.